The average molecular weight is 263 g/mol. The fourth-order valence-corrected chi connectivity index (χ4v) is 2.37. The number of para-hydroxylation sites is 1. The van der Waals surface area contributed by atoms with Crippen LogP contribution in [0.4, 0.5) is 0 Å². The number of ether oxygens (including phenoxy) is 2. The molecule has 104 valence electrons. The fraction of sp³-hybridized carbons (Fsp3) is 0.533. The van der Waals surface area contributed by atoms with Crippen molar-refractivity contribution in [3.63, 3.8) is 0 Å². The summed E-state index contributed by atoms with van der Waals surface area (Å²) >= 11 is 0. The highest BCUT2D eigenvalue weighted by molar-refractivity contribution is 5.81. The standard InChI is InChI=1S/C15H21NO3/c1-11-9-16(10-12(2)18-11)15(17)13(3)19-14-7-5-4-6-8-14/h4-8,11-13H,9-10H2,1-3H3. The molecule has 3 unspecified atom stereocenters. The molecule has 1 aromatic carbocycles. The van der Waals surface area contributed by atoms with E-state index >= 15 is 0 Å². The Labute approximate surface area is 114 Å². The number of nitrogens with zero attached hydrogens (tertiary/aromatic N) is 1. The van der Waals surface area contributed by atoms with E-state index in [1.165, 1.54) is 0 Å². The molecule has 0 bridgehead atoms. The fourth-order valence-electron chi connectivity index (χ4n) is 2.37. The Hall–Kier alpha value is -1.55. The SMILES string of the molecule is CC1CN(C(=O)C(C)Oc2ccccc2)CC(C)O1. The highest BCUT2D eigenvalue weighted by atomic mass is 16.5. The summed E-state index contributed by atoms with van der Waals surface area (Å²) < 4.78 is 11.3. The van der Waals surface area contributed by atoms with Crippen LogP contribution in [0.15, 0.2) is 30.3 Å². The number of benzene rings is 1. The van der Waals surface area contributed by atoms with E-state index in [4.69, 9.17) is 9.47 Å². The second-order valence-electron chi connectivity index (χ2n) is 5.07. The Bertz CT molecular complexity index is 411. The Balaban J connectivity index is 1.95. The molecule has 1 fully saturated rings. The van der Waals surface area contributed by atoms with Crippen molar-refractivity contribution < 1.29 is 14.3 Å². The summed E-state index contributed by atoms with van der Waals surface area (Å²) in [7, 11) is 0. The van der Waals surface area contributed by atoms with Crippen molar-refractivity contribution in [2.45, 2.75) is 39.1 Å². The van der Waals surface area contributed by atoms with Gasteiger partial charge in [-0.3, -0.25) is 4.79 Å². The first kappa shape index (κ1) is 13.9. The van der Waals surface area contributed by atoms with E-state index < -0.39 is 6.10 Å². The molecule has 19 heavy (non-hydrogen) atoms. The zero-order valence-corrected chi connectivity index (χ0v) is 11.7. The van der Waals surface area contributed by atoms with Crippen molar-refractivity contribution in [2.75, 3.05) is 13.1 Å². The van der Waals surface area contributed by atoms with E-state index in [0.717, 1.165) is 5.75 Å². The lowest BCUT2D eigenvalue weighted by atomic mass is 10.2. The van der Waals surface area contributed by atoms with Crippen molar-refractivity contribution in [3.8, 4) is 5.75 Å². The normalized spacial score (nSPS) is 24.9. The molecule has 1 saturated heterocycles. The van der Waals surface area contributed by atoms with E-state index in [2.05, 4.69) is 0 Å². The maximum Gasteiger partial charge on any atom is 0.263 e. The van der Waals surface area contributed by atoms with Gasteiger partial charge in [-0.15, -0.1) is 0 Å². The Morgan fingerprint density at radius 3 is 2.42 bits per heavy atom. The Morgan fingerprint density at radius 2 is 1.84 bits per heavy atom. The molecule has 4 nitrogen and oxygen atoms in total. The molecule has 0 aliphatic carbocycles. The van der Waals surface area contributed by atoms with Crippen LogP contribution >= 0.6 is 0 Å². The molecule has 1 aliphatic heterocycles. The number of carbonyl (C=O) groups is 1. The van der Waals surface area contributed by atoms with Gasteiger partial charge < -0.3 is 14.4 Å². The van der Waals surface area contributed by atoms with Crippen LogP contribution in [-0.2, 0) is 9.53 Å². The maximum atomic E-state index is 12.3. The smallest absolute Gasteiger partial charge is 0.263 e. The van der Waals surface area contributed by atoms with Crippen LogP contribution in [0.5, 0.6) is 5.75 Å². The molecule has 4 heteroatoms. The number of carbonyl (C=O) groups excluding carboxylic acids is 1. The molecule has 1 aliphatic rings. The summed E-state index contributed by atoms with van der Waals surface area (Å²) in [5.41, 5.74) is 0. The lowest BCUT2D eigenvalue weighted by Gasteiger charge is -2.36. The van der Waals surface area contributed by atoms with Gasteiger partial charge in [0.1, 0.15) is 5.75 Å². The van der Waals surface area contributed by atoms with E-state index in [1.54, 1.807) is 6.92 Å². The van der Waals surface area contributed by atoms with Crippen LogP contribution in [0.25, 0.3) is 0 Å². The van der Waals surface area contributed by atoms with Gasteiger partial charge in [-0.1, -0.05) is 18.2 Å². The largest absolute Gasteiger partial charge is 0.481 e. The highest BCUT2D eigenvalue weighted by Gasteiger charge is 2.29. The molecular formula is C15H21NO3. The first-order chi connectivity index (χ1) is 9.06. The monoisotopic (exact) mass is 263 g/mol. The third-order valence-corrected chi connectivity index (χ3v) is 3.14. The lowest BCUT2D eigenvalue weighted by Crippen LogP contribution is -2.51. The molecule has 0 spiro atoms. The minimum atomic E-state index is -0.472. The zero-order chi connectivity index (χ0) is 13.8. The van der Waals surface area contributed by atoms with E-state index in [-0.39, 0.29) is 18.1 Å². The van der Waals surface area contributed by atoms with Crippen LogP contribution in [-0.4, -0.2) is 42.2 Å². The molecule has 1 heterocycles. The van der Waals surface area contributed by atoms with Crippen molar-refractivity contribution in [3.05, 3.63) is 30.3 Å². The molecule has 0 N–H and O–H groups in total. The van der Waals surface area contributed by atoms with E-state index in [0.29, 0.717) is 13.1 Å². The van der Waals surface area contributed by atoms with Gasteiger partial charge in [0.05, 0.1) is 12.2 Å². The zero-order valence-electron chi connectivity index (χ0n) is 11.7. The number of morpholine rings is 1. The topological polar surface area (TPSA) is 38.8 Å². The lowest BCUT2D eigenvalue weighted by molar-refractivity contribution is -0.149. The van der Waals surface area contributed by atoms with Crippen molar-refractivity contribution in [2.24, 2.45) is 0 Å². The van der Waals surface area contributed by atoms with Crippen molar-refractivity contribution >= 4 is 5.91 Å². The van der Waals surface area contributed by atoms with Gasteiger partial charge in [0.15, 0.2) is 6.10 Å². The second-order valence-corrected chi connectivity index (χ2v) is 5.07. The number of hydrogen-bond donors (Lipinski definition) is 0. The molecule has 0 saturated carbocycles. The van der Waals surface area contributed by atoms with Gasteiger partial charge in [-0.2, -0.15) is 0 Å². The highest BCUT2D eigenvalue weighted by Crippen LogP contribution is 2.15. The van der Waals surface area contributed by atoms with Crippen LogP contribution in [0.1, 0.15) is 20.8 Å². The quantitative estimate of drug-likeness (QED) is 0.838. The van der Waals surface area contributed by atoms with Crippen LogP contribution in [0.2, 0.25) is 0 Å². The molecule has 2 rings (SSSR count). The molecular weight excluding hydrogens is 242 g/mol. The Morgan fingerprint density at radius 1 is 1.26 bits per heavy atom. The van der Waals surface area contributed by atoms with Crippen LogP contribution in [0.3, 0.4) is 0 Å². The minimum Gasteiger partial charge on any atom is -0.481 e. The van der Waals surface area contributed by atoms with Crippen LogP contribution < -0.4 is 4.74 Å². The predicted molar refractivity (Wildman–Crippen MR) is 73.1 cm³/mol. The molecule has 1 aromatic rings. The summed E-state index contributed by atoms with van der Waals surface area (Å²) in [6.45, 7) is 7.02. The van der Waals surface area contributed by atoms with Gasteiger partial charge in [0.2, 0.25) is 0 Å². The summed E-state index contributed by atoms with van der Waals surface area (Å²) in [5.74, 6) is 0.739. The molecule has 0 radical (unpaired) electrons. The predicted octanol–water partition coefficient (Wildman–Crippen LogP) is 2.09. The summed E-state index contributed by atoms with van der Waals surface area (Å²) in [6.07, 6.45) is -0.312. The third-order valence-electron chi connectivity index (χ3n) is 3.14. The van der Waals surface area contributed by atoms with Gasteiger partial charge in [0.25, 0.3) is 5.91 Å². The summed E-state index contributed by atoms with van der Waals surface area (Å²) in [4.78, 5) is 14.2. The van der Waals surface area contributed by atoms with E-state index in [9.17, 15) is 4.79 Å². The number of hydrogen-bond acceptors (Lipinski definition) is 3. The van der Waals surface area contributed by atoms with Gasteiger partial charge in [-0.25, -0.2) is 0 Å². The molecule has 3 atom stereocenters. The number of rotatable bonds is 3. The van der Waals surface area contributed by atoms with Gasteiger partial charge in [-0.05, 0) is 32.9 Å². The average Bonchev–Trinajstić information content (AvgIpc) is 2.37. The minimum absolute atomic E-state index is 0.0193. The summed E-state index contributed by atoms with van der Waals surface area (Å²) in [5, 5.41) is 0. The first-order valence-electron chi connectivity index (χ1n) is 6.72. The van der Waals surface area contributed by atoms with Crippen molar-refractivity contribution in [1.29, 1.82) is 0 Å². The second kappa shape index (κ2) is 6.06. The van der Waals surface area contributed by atoms with Crippen molar-refractivity contribution in [1.82, 2.24) is 4.90 Å². The Kier molecular flexibility index (Phi) is 4.43. The number of amides is 1. The van der Waals surface area contributed by atoms with E-state index in [1.807, 2.05) is 49.1 Å². The maximum absolute atomic E-state index is 12.3. The molecule has 0 aromatic heterocycles. The van der Waals surface area contributed by atoms with Gasteiger partial charge in [0, 0.05) is 13.1 Å². The first-order valence-corrected chi connectivity index (χ1v) is 6.72. The third kappa shape index (κ3) is 3.70. The van der Waals surface area contributed by atoms with Crippen LogP contribution in [0, 0.1) is 0 Å². The molecule has 1 amide bonds. The summed E-state index contributed by atoms with van der Waals surface area (Å²) in [6, 6.07) is 9.42. The van der Waals surface area contributed by atoms with Gasteiger partial charge >= 0.3 is 0 Å².